The van der Waals surface area contributed by atoms with Crippen LogP contribution in [0.1, 0.15) is 26.7 Å². The Hall–Kier alpha value is -0.620. The van der Waals surface area contributed by atoms with Gasteiger partial charge in [0, 0.05) is 13.1 Å². The van der Waals surface area contributed by atoms with Crippen molar-refractivity contribution < 1.29 is 14.3 Å². The van der Waals surface area contributed by atoms with E-state index in [-0.39, 0.29) is 23.2 Å². The van der Waals surface area contributed by atoms with Crippen LogP contribution in [0.15, 0.2) is 0 Å². The van der Waals surface area contributed by atoms with Crippen molar-refractivity contribution in [3.05, 3.63) is 0 Å². The lowest BCUT2D eigenvalue weighted by atomic mass is 10.1. The van der Waals surface area contributed by atoms with Gasteiger partial charge in [-0.05, 0) is 12.8 Å². The molecule has 0 radical (unpaired) electrons. The number of alkyl halides is 1. The third-order valence-electron chi connectivity index (χ3n) is 2.89. The third kappa shape index (κ3) is 3.95. The quantitative estimate of drug-likeness (QED) is 0.766. The number of hydrogen-bond acceptors (Lipinski definition) is 3. The minimum atomic E-state index is -0.496. The molecule has 0 bridgehead atoms. The topological polar surface area (TPSA) is 58.6 Å². The number of nitrogens with one attached hydrogen (secondary N) is 1. The molecule has 0 aromatic carbocycles. The Morgan fingerprint density at radius 1 is 1.50 bits per heavy atom. The van der Waals surface area contributed by atoms with Gasteiger partial charge in [0.1, 0.15) is 6.04 Å². The van der Waals surface area contributed by atoms with Crippen molar-refractivity contribution in [3.63, 3.8) is 0 Å². The highest BCUT2D eigenvalue weighted by molar-refractivity contribution is 9.10. The normalized spacial score (nSPS) is 21.5. The van der Waals surface area contributed by atoms with E-state index in [0.29, 0.717) is 26.1 Å². The highest BCUT2D eigenvalue weighted by Crippen LogP contribution is 2.15. The summed E-state index contributed by atoms with van der Waals surface area (Å²) in [5, 5.41) is 2.82. The smallest absolute Gasteiger partial charge is 0.245 e. The van der Waals surface area contributed by atoms with E-state index in [2.05, 4.69) is 21.2 Å². The molecule has 0 saturated carbocycles. The Kier molecular flexibility index (Phi) is 6.63. The molecule has 18 heavy (non-hydrogen) atoms. The molecular formula is C12H21BrN2O3. The molecule has 0 aromatic rings. The summed E-state index contributed by atoms with van der Waals surface area (Å²) in [7, 11) is 0. The van der Waals surface area contributed by atoms with Crippen LogP contribution in [-0.2, 0) is 14.3 Å². The van der Waals surface area contributed by atoms with Crippen LogP contribution < -0.4 is 5.32 Å². The molecule has 2 unspecified atom stereocenters. The Morgan fingerprint density at radius 3 is 2.83 bits per heavy atom. The average molecular weight is 321 g/mol. The van der Waals surface area contributed by atoms with E-state index in [1.54, 1.807) is 4.90 Å². The maximum atomic E-state index is 12.2. The lowest BCUT2D eigenvalue weighted by Crippen LogP contribution is -2.57. The molecule has 2 atom stereocenters. The van der Waals surface area contributed by atoms with E-state index < -0.39 is 6.04 Å². The van der Waals surface area contributed by atoms with Crippen molar-refractivity contribution >= 4 is 27.7 Å². The lowest BCUT2D eigenvalue weighted by Gasteiger charge is -2.35. The number of morpholine rings is 1. The van der Waals surface area contributed by atoms with Crippen LogP contribution in [0.2, 0.25) is 0 Å². The molecule has 6 heteroatoms. The minimum Gasteiger partial charge on any atom is -0.377 e. The fraction of sp³-hybridized carbons (Fsp3) is 0.833. The summed E-state index contributed by atoms with van der Waals surface area (Å²) in [5.74, 6) is -0.154. The highest BCUT2D eigenvalue weighted by Gasteiger charge is 2.34. The number of amides is 2. The number of halogens is 1. The molecule has 1 heterocycles. The van der Waals surface area contributed by atoms with Crippen LogP contribution in [0.5, 0.6) is 0 Å². The summed E-state index contributed by atoms with van der Waals surface area (Å²) in [6, 6.07) is -0.496. The van der Waals surface area contributed by atoms with Crippen molar-refractivity contribution in [2.24, 2.45) is 0 Å². The van der Waals surface area contributed by atoms with Crippen LogP contribution in [0.3, 0.4) is 0 Å². The number of hydrogen-bond donors (Lipinski definition) is 1. The second kappa shape index (κ2) is 7.74. The monoisotopic (exact) mass is 320 g/mol. The van der Waals surface area contributed by atoms with Gasteiger partial charge in [-0.1, -0.05) is 29.8 Å². The molecule has 5 nitrogen and oxygen atoms in total. The number of carbonyl (C=O) groups excluding carboxylic acids is 2. The molecule has 0 aliphatic carbocycles. The van der Waals surface area contributed by atoms with Crippen molar-refractivity contribution in [3.8, 4) is 0 Å². The summed E-state index contributed by atoms with van der Waals surface area (Å²) in [6.45, 7) is 5.81. The first-order chi connectivity index (χ1) is 8.61. The van der Waals surface area contributed by atoms with Gasteiger partial charge in [0.15, 0.2) is 0 Å². The highest BCUT2D eigenvalue weighted by atomic mass is 79.9. The van der Waals surface area contributed by atoms with Crippen molar-refractivity contribution in [1.82, 2.24) is 10.2 Å². The fourth-order valence-electron chi connectivity index (χ4n) is 1.81. The molecule has 1 rings (SSSR count). The Labute approximate surface area is 116 Å². The molecule has 0 aromatic heterocycles. The van der Waals surface area contributed by atoms with Gasteiger partial charge in [-0.3, -0.25) is 9.59 Å². The number of nitrogens with zero attached hydrogens (tertiary/aromatic N) is 1. The van der Waals surface area contributed by atoms with Gasteiger partial charge in [0.05, 0.1) is 18.0 Å². The minimum absolute atomic E-state index is 0.0301. The number of ether oxygens (including phenoxy) is 1. The zero-order chi connectivity index (χ0) is 13.5. The van der Waals surface area contributed by atoms with Crippen LogP contribution >= 0.6 is 15.9 Å². The van der Waals surface area contributed by atoms with Gasteiger partial charge in [-0.2, -0.15) is 0 Å². The second-order valence-corrected chi connectivity index (χ2v) is 5.39. The van der Waals surface area contributed by atoms with Crippen molar-refractivity contribution in [1.29, 1.82) is 0 Å². The zero-order valence-electron chi connectivity index (χ0n) is 10.9. The Balaban J connectivity index is 2.67. The van der Waals surface area contributed by atoms with E-state index in [4.69, 9.17) is 4.74 Å². The predicted octanol–water partition coefficient (Wildman–Crippen LogP) is 0.913. The molecular weight excluding hydrogens is 300 g/mol. The van der Waals surface area contributed by atoms with Gasteiger partial charge in [-0.15, -0.1) is 0 Å². The van der Waals surface area contributed by atoms with Gasteiger partial charge in [0.25, 0.3) is 0 Å². The first-order valence-corrected chi connectivity index (χ1v) is 7.33. The summed E-state index contributed by atoms with van der Waals surface area (Å²) < 4.78 is 5.31. The Morgan fingerprint density at radius 2 is 2.22 bits per heavy atom. The predicted molar refractivity (Wildman–Crippen MR) is 72.6 cm³/mol. The summed E-state index contributed by atoms with van der Waals surface area (Å²) >= 11 is 3.34. The fourth-order valence-corrected chi connectivity index (χ4v) is 2.07. The maximum absolute atomic E-state index is 12.2. The number of rotatable bonds is 5. The standard InChI is InChI=1S/C12H21BrN2O3/c1-3-5-14-11(16)10-8-18-7-6-15(10)12(17)9(13)4-2/h9-10H,3-8H2,1-2H3,(H,14,16). The van der Waals surface area contributed by atoms with E-state index in [0.717, 1.165) is 6.42 Å². The molecule has 1 fully saturated rings. The van der Waals surface area contributed by atoms with Gasteiger partial charge < -0.3 is 15.0 Å². The van der Waals surface area contributed by atoms with Crippen molar-refractivity contribution in [2.45, 2.75) is 37.6 Å². The molecule has 104 valence electrons. The van der Waals surface area contributed by atoms with E-state index in [1.165, 1.54) is 0 Å². The van der Waals surface area contributed by atoms with E-state index in [9.17, 15) is 9.59 Å². The van der Waals surface area contributed by atoms with Gasteiger partial charge in [-0.25, -0.2) is 0 Å². The molecule has 1 N–H and O–H groups in total. The molecule has 1 aliphatic heterocycles. The lowest BCUT2D eigenvalue weighted by molar-refractivity contribution is -0.148. The largest absolute Gasteiger partial charge is 0.377 e. The van der Waals surface area contributed by atoms with Gasteiger partial charge in [0.2, 0.25) is 11.8 Å². The van der Waals surface area contributed by atoms with E-state index in [1.807, 2.05) is 13.8 Å². The molecule has 2 amide bonds. The molecule has 1 aliphatic rings. The zero-order valence-corrected chi connectivity index (χ0v) is 12.5. The van der Waals surface area contributed by atoms with Crippen LogP contribution in [0, 0.1) is 0 Å². The molecule has 0 spiro atoms. The van der Waals surface area contributed by atoms with E-state index >= 15 is 0 Å². The summed E-state index contributed by atoms with van der Waals surface area (Å²) in [5.41, 5.74) is 0. The van der Waals surface area contributed by atoms with Crippen molar-refractivity contribution in [2.75, 3.05) is 26.3 Å². The Bertz CT molecular complexity index is 299. The molecule has 1 saturated heterocycles. The third-order valence-corrected chi connectivity index (χ3v) is 3.93. The first-order valence-electron chi connectivity index (χ1n) is 6.41. The van der Waals surface area contributed by atoms with Crippen LogP contribution in [0.4, 0.5) is 0 Å². The van der Waals surface area contributed by atoms with Crippen LogP contribution in [0.25, 0.3) is 0 Å². The summed E-state index contributed by atoms with van der Waals surface area (Å²) in [4.78, 5) is 25.5. The second-order valence-electron chi connectivity index (χ2n) is 4.29. The maximum Gasteiger partial charge on any atom is 0.245 e. The van der Waals surface area contributed by atoms with Crippen LogP contribution in [-0.4, -0.2) is 53.9 Å². The SMILES string of the molecule is CCCNC(=O)C1COCCN1C(=O)C(Br)CC. The average Bonchev–Trinajstić information content (AvgIpc) is 2.43. The van der Waals surface area contributed by atoms with Gasteiger partial charge >= 0.3 is 0 Å². The summed E-state index contributed by atoms with van der Waals surface area (Å²) in [6.07, 6.45) is 1.59. The number of carbonyl (C=O) groups is 2. The first kappa shape index (κ1) is 15.4.